The summed E-state index contributed by atoms with van der Waals surface area (Å²) in [6.45, 7) is 2.23. The van der Waals surface area contributed by atoms with Crippen LogP contribution >= 0.6 is 0 Å². The maximum absolute atomic E-state index is 12.1. The van der Waals surface area contributed by atoms with Crippen LogP contribution in [0.15, 0.2) is 17.6 Å². The molecule has 1 N–H and O–H groups in total. The van der Waals surface area contributed by atoms with E-state index in [4.69, 9.17) is 5.11 Å². The zero-order chi connectivity index (χ0) is 13.1. The number of hydrogen-bond acceptors (Lipinski definition) is 4. The molecule has 8 heteroatoms. The molecule has 0 saturated heterocycles. The first-order valence-corrected chi connectivity index (χ1v) is 6.52. The van der Waals surface area contributed by atoms with Gasteiger partial charge >= 0.3 is 5.97 Å². The second kappa shape index (κ2) is 5.28. The summed E-state index contributed by atoms with van der Waals surface area (Å²) < 4.78 is 26.6. The van der Waals surface area contributed by atoms with Crippen molar-refractivity contribution in [3.8, 4) is 0 Å². The maximum atomic E-state index is 12.1. The van der Waals surface area contributed by atoms with E-state index in [2.05, 4.69) is 4.98 Å². The molecule has 0 radical (unpaired) electrons. The Hall–Kier alpha value is -1.41. The number of aliphatic carboxylic acids is 1. The average molecular weight is 261 g/mol. The molecule has 0 saturated carbocycles. The number of nitrogens with zero attached hydrogens (tertiary/aromatic N) is 3. The minimum absolute atomic E-state index is 0.0629. The smallest absolute Gasteiger partial charge is 0.304 e. The minimum Gasteiger partial charge on any atom is -0.481 e. The van der Waals surface area contributed by atoms with Crippen LogP contribution in [-0.2, 0) is 21.4 Å². The van der Waals surface area contributed by atoms with E-state index in [1.54, 1.807) is 6.92 Å². The number of aryl methyl sites for hydroxylation is 1. The van der Waals surface area contributed by atoms with Gasteiger partial charge in [-0.15, -0.1) is 0 Å². The second-order valence-electron chi connectivity index (χ2n) is 3.49. The fourth-order valence-corrected chi connectivity index (χ4v) is 2.61. The Balaban J connectivity index is 2.91. The molecule has 0 aliphatic carbocycles. The third-order valence-corrected chi connectivity index (χ3v) is 4.20. The van der Waals surface area contributed by atoms with Gasteiger partial charge in [-0.3, -0.25) is 4.79 Å². The summed E-state index contributed by atoms with van der Waals surface area (Å²) >= 11 is 0. The molecule has 96 valence electrons. The molecule has 0 unspecified atom stereocenters. The van der Waals surface area contributed by atoms with E-state index in [0.717, 1.165) is 4.31 Å². The quantitative estimate of drug-likeness (QED) is 0.778. The topological polar surface area (TPSA) is 92.5 Å². The van der Waals surface area contributed by atoms with Crippen LogP contribution < -0.4 is 0 Å². The standard InChI is InChI=1S/C9H15N3O4S/c1-3-12-7-10-6-8(12)17(15,16)11(2)5-4-9(13)14/h6-7H,3-5H2,1-2H3,(H,13,14). The van der Waals surface area contributed by atoms with Gasteiger partial charge < -0.3 is 9.67 Å². The average Bonchev–Trinajstić information content (AvgIpc) is 2.74. The number of rotatable bonds is 6. The normalized spacial score (nSPS) is 11.9. The third kappa shape index (κ3) is 3.04. The number of sulfonamides is 1. The van der Waals surface area contributed by atoms with Crippen molar-refractivity contribution in [1.82, 2.24) is 13.9 Å². The molecule has 1 aromatic rings. The van der Waals surface area contributed by atoms with E-state index in [-0.39, 0.29) is 18.0 Å². The molecule has 0 bridgehead atoms. The predicted octanol–water partition coefficient (Wildman–Crippen LogP) is -0.00180. The lowest BCUT2D eigenvalue weighted by molar-refractivity contribution is -0.137. The van der Waals surface area contributed by atoms with E-state index in [1.807, 2.05) is 0 Å². The highest BCUT2D eigenvalue weighted by atomic mass is 32.2. The van der Waals surface area contributed by atoms with Gasteiger partial charge in [-0.05, 0) is 6.92 Å². The maximum Gasteiger partial charge on any atom is 0.304 e. The largest absolute Gasteiger partial charge is 0.481 e. The molecule has 1 heterocycles. The lowest BCUT2D eigenvalue weighted by atomic mass is 10.4. The van der Waals surface area contributed by atoms with E-state index in [9.17, 15) is 13.2 Å². The van der Waals surface area contributed by atoms with Gasteiger partial charge in [0.1, 0.15) is 0 Å². The number of imidazole rings is 1. The van der Waals surface area contributed by atoms with Crippen LogP contribution in [0.1, 0.15) is 13.3 Å². The van der Waals surface area contributed by atoms with Crippen LogP contribution in [0.25, 0.3) is 0 Å². The van der Waals surface area contributed by atoms with Gasteiger partial charge in [0, 0.05) is 20.1 Å². The molecule has 0 spiro atoms. The van der Waals surface area contributed by atoms with Crippen LogP contribution in [-0.4, -0.2) is 46.9 Å². The van der Waals surface area contributed by atoms with Gasteiger partial charge in [0.2, 0.25) is 0 Å². The monoisotopic (exact) mass is 261 g/mol. The molecule has 0 aromatic carbocycles. The Bertz CT molecular complexity index is 494. The fraction of sp³-hybridized carbons (Fsp3) is 0.556. The second-order valence-corrected chi connectivity index (χ2v) is 5.48. The molecule has 1 rings (SSSR count). The van der Waals surface area contributed by atoms with Crippen LogP contribution in [0.3, 0.4) is 0 Å². The highest BCUT2D eigenvalue weighted by Gasteiger charge is 2.24. The van der Waals surface area contributed by atoms with Crippen LogP contribution in [0, 0.1) is 0 Å². The minimum atomic E-state index is -3.66. The first-order chi connectivity index (χ1) is 7.89. The van der Waals surface area contributed by atoms with Crippen molar-refractivity contribution >= 4 is 16.0 Å². The summed E-state index contributed by atoms with van der Waals surface area (Å²) in [4.78, 5) is 14.2. The van der Waals surface area contributed by atoms with Crippen molar-refractivity contribution in [2.75, 3.05) is 13.6 Å². The predicted molar refractivity (Wildman–Crippen MR) is 60.0 cm³/mol. The molecule has 17 heavy (non-hydrogen) atoms. The Morgan fingerprint density at radius 1 is 1.59 bits per heavy atom. The molecular weight excluding hydrogens is 246 g/mol. The first kappa shape index (κ1) is 13.7. The van der Waals surface area contributed by atoms with Crippen molar-refractivity contribution in [1.29, 1.82) is 0 Å². The third-order valence-electron chi connectivity index (χ3n) is 2.33. The number of carboxylic acids is 1. The van der Waals surface area contributed by atoms with Crippen LogP contribution in [0.5, 0.6) is 0 Å². The fourth-order valence-electron chi connectivity index (χ4n) is 1.29. The van der Waals surface area contributed by atoms with Crippen molar-refractivity contribution in [2.24, 2.45) is 0 Å². The SMILES string of the molecule is CCn1cncc1S(=O)(=O)N(C)CCC(=O)O. The van der Waals surface area contributed by atoms with Gasteiger partial charge in [0.05, 0.1) is 18.9 Å². The summed E-state index contributed by atoms with van der Waals surface area (Å²) in [6.07, 6.45) is 2.46. The lowest BCUT2D eigenvalue weighted by Crippen LogP contribution is -2.30. The van der Waals surface area contributed by atoms with E-state index < -0.39 is 16.0 Å². The molecule has 0 aliphatic heterocycles. The van der Waals surface area contributed by atoms with E-state index >= 15 is 0 Å². The number of hydrogen-bond donors (Lipinski definition) is 1. The van der Waals surface area contributed by atoms with Crippen LogP contribution in [0.2, 0.25) is 0 Å². The Labute approximate surface area is 99.7 Å². The molecule has 1 aromatic heterocycles. The summed E-state index contributed by atoms with van der Waals surface area (Å²) in [5, 5.41) is 8.60. The van der Waals surface area contributed by atoms with Gasteiger partial charge in [0.25, 0.3) is 10.0 Å². The molecule has 0 fully saturated rings. The number of aromatic nitrogens is 2. The van der Waals surface area contributed by atoms with Crippen molar-refractivity contribution in [3.63, 3.8) is 0 Å². The highest BCUT2D eigenvalue weighted by Crippen LogP contribution is 2.13. The summed E-state index contributed by atoms with van der Waals surface area (Å²) in [6, 6.07) is 0. The van der Waals surface area contributed by atoms with Crippen molar-refractivity contribution in [3.05, 3.63) is 12.5 Å². The molecule has 0 aliphatic rings. The Morgan fingerprint density at radius 3 is 2.76 bits per heavy atom. The van der Waals surface area contributed by atoms with E-state index in [1.165, 1.54) is 24.1 Å². The number of carbonyl (C=O) groups is 1. The van der Waals surface area contributed by atoms with Crippen LogP contribution in [0.4, 0.5) is 0 Å². The molecule has 0 atom stereocenters. The Kier molecular flexibility index (Phi) is 4.24. The molecule has 7 nitrogen and oxygen atoms in total. The van der Waals surface area contributed by atoms with E-state index in [0.29, 0.717) is 6.54 Å². The molecule has 0 amide bonds. The van der Waals surface area contributed by atoms with Gasteiger partial charge in [-0.2, -0.15) is 4.31 Å². The highest BCUT2D eigenvalue weighted by molar-refractivity contribution is 7.89. The van der Waals surface area contributed by atoms with Gasteiger partial charge in [-0.25, -0.2) is 13.4 Å². The van der Waals surface area contributed by atoms with Crippen molar-refractivity contribution in [2.45, 2.75) is 24.9 Å². The zero-order valence-corrected chi connectivity index (χ0v) is 10.5. The lowest BCUT2D eigenvalue weighted by Gasteiger charge is -2.16. The zero-order valence-electron chi connectivity index (χ0n) is 9.70. The van der Waals surface area contributed by atoms with Gasteiger partial charge in [-0.1, -0.05) is 0 Å². The Morgan fingerprint density at radius 2 is 2.24 bits per heavy atom. The summed E-state index contributed by atoms with van der Waals surface area (Å²) in [5.41, 5.74) is 0. The summed E-state index contributed by atoms with van der Waals surface area (Å²) in [7, 11) is -2.31. The number of carboxylic acid groups (broad SMARTS) is 1. The summed E-state index contributed by atoms with van der Waals surface area (Å²) in [5.74, 6) is -1.03. The van der Waals surface area contributed by atoms with Crippen molar-refractivity contribution < 1.29 is 18.3 Å². The molecular formula is C9H15N3O4S. The van der Waals surface area contributed by atoms with Gasteiger partial charge in [0.15, 0.2) is 5.03 Å². The first-order valence-electron chi connectivity index (χ1n) is 5.07.